The summed E-state index contributed by atoms with van der Waals surface area (Å²) < 4.78 is 5.05. The van der Waals surface area contributed by atoms with E-state index in [-0.39, 0.29) is 11.7 Å². The van der Waals surface area contributed by atoms with Gasteiger partial charge in [-0.3, -0.25) is 4.79 Å². The van der Waals surface area contributed by atoms with Gasteiger partial charge in [-0.05, 0) is 24.3 Å². The number of benzene rings is 2. The van der Waals surface area contributed by atoms with Crippen LogP contribution in [0.15, 0.2) is 42.5 Å². The van der Waals surface area contributed by atoms with Gasteiger partial charge in [0.15, 0.2) is 0 Å². The number of para-hydroxylation sites is 1. The summed E-state index contributed by atoms with van der Waals surface area (Å²) in [5.41, 5.74) is 1.28. The Bertz CT molecular complexity index is 743. The van der Waals surface area contributed by atoms with E-state index in [0.29, 0.717) is 42.5 Å². The van der Waals surface area contributed by atoms with Gasteiger partial charge in [-0.25, -0.2) is 0 Å². The average Bonchev–Trinajstić information content (AvgIpc) is 2.61. The largest absolute Gasteiger partial charge is 0.507 e. The number of phenolic OH excluding ortho intramolecular Hbond substituents is 1. The first-order chi connectivity index (χ1) is 11.6. The van der Waals surface area contributed by atoms with Crippen LogP contribution in [0.1, 0.15) is 10.4 Å². The second-order valence-electron chi connectivity index (χ2n) is 5.61. The number of carbonyl (C=O) groups is 1. The predicted octanol–water partition coefficient (Wildman–Crippen LogP) is 3.02. The molecule has 3 rings (SSSR count). The zero-order valence-corrected chi connectivity index (χ0v) is 14.2. The first kappa shape index (κ1) is 16.5. The van der Waals surface area contributed by atoms with Gasteiger partial charge >= 0.3 is 0 Å². The number of phenols is 1. The first-order valence-corrected chi connectivity index (χ1v) is 8.13. The van der Waals surface area contributed by atoms with E-state index in [0.717, 1.165) is 5.69 Å². The van der Waals surface area contributed by atoms with Crippen molar-refractivity contribution in [3.05, 3.63) is 53.1 Å². The summed E-state index contributed by atoms with van der Waals surface area (Å²) in [5.74, 6) is 0.287. The summed E-state index contributed by atoms with van der Waals surface area (Å²) in [6, 6.07) is 12.4. The maximum absolute atomic E-state index is 12.6. The van der Waals surface area contributed by atoms with E-state index in [4.69, 9.17) is 16.3 Å². The number of rotatable bonds is 3. The number of hydrogen-bond acceptors (Lipinski definition) is 4. The summed E-state index contributed by atoms with van der Waals surface area (Å²) in [6.45, 7) is 2.56. The fraction of sp³-hybridized carbons (Fsp3) is 0.278. The van der Waals surface area contributed by atoms with Crippen molar-refractivity contribution >= 4 is 23.2 Å². The molecule has 1 amide bonds. The minimum atomic E-state index is -0.172. The Balaban J connectivity index is 1.68. The highest BCUT2D eigenvalue weighted by atomic mass is 35.5. The highest BCUT2D eigenvalue weighted by Crippen LogP contribution is 2.28. The Morgan fingerprint density at radius 2 is 1.83 bits per heavy atom. The highest BCUT2D eigenvalue weighted by molar-refractivity contribution is 6.33. The van der Waals surface area contributed by atoms with E-state index in [9.17, 15) is 9.90 Å². The van der Waals surface area contributed by atoms with Gasteiger partial charge in [-0.15, -0.1) is 0 Å². The SMILES string of the molecule is COc1ccc(C(=O)N2CCN(c3ccccc3Cl)CC2)c(O)c1. The highest BCUT2D eigenvalue weighted by Gasteiger charge is 2.24. The summed E-state index contributed by atoms with van der Waals surface area (Å²) in [6.07, 6.45) is 0. The number of hydrogen-bond donors (Lipinski definition) is 1. The quantitative estimate of drug-likeness (QED) is 0.928. The minimum absolute atomic E-state index is 0.0621. The number of piperazine rings is 1. The molecule has 1 aliphatic heterocycles. The van der Waals surface area contributed by atoms with Crippen LogP contribution in [0.5, 0.6) is 11.5 Å². The second-order valence-corrected chi connectivity index (χ2v) is 6.02. The number of halogens is 1. The summed E-state index contributed by atoms with van der Waals surface area (Å²) in [4.78, 5) is 16.5. The molecule has 1 saturated heterocycles. The fourth-order valence-corrected chi connectivity index (χ4v) is 3.10. The molecule has 0 bridgehead atoms. The lowest BCUT2D eigenvalue weighted by molar-refractivity contribution is 0.0743. The number of aromatic hydroxyl groups is 1. The van der Waals surface area contributed by atoms with E-state index in [2.05, 4.69) is 4.90 Å². The van der Waals surface area contributed by atoms with E-state index in [1.807, 2.05) is 24.3 Å². The van der Waals surface area contributed by atoms with E-state index in [1.54, 1.807) is 17.0 Å². The molecule has 6 heteroatoms. The van der Waals surface area contributed by atoms with Crippen LogP contribution < -0.4 is 9.64 Å². The zero-order chi connectivity index (χ0) is 17.1. The van der Waals surface area contributed by atoms with E-state index in [1.165, 1.54) is 13.2 Å². The molecule has 1 aliphatic rings. The number of nitrogens with zero attached hydrogens (tertiary/aromatic N) is 2. The molecule has 5 nitrogen and oxygen atoms in total. The van der Waals surface area contributed by atoms with Gasteiger partial charge in [-0.1, -0.05) is 23.7 Å². The Hall–Kier alpha value is -2.40. The predicted molar refractivity (Wildman–Crippen MR) is 94.2 cm³/mol. The maximum atomic E-state index is 12.6. The lowest BCUT2D eigenvalue weighted by atomic mass is 10.1. The smallest absolute Gasteiger partial charge is 0.257 e. The number of carbonyl (C=O) groups excluding carboxylic acids is 1. The molecule has 2 aromatic rings. The van der Waals surface area contributed by atoms with Crippen LogP contribution in [0, 0.1) is 0 Å². The molecule has 0 atom stereocenters. The number of ether oxygens (including phenoxy) is 1. The van der Waals surface area contributed by atoms with Crippen LogP contribution in [0.4, 0.5) is 5.69 Å². The molecular formula is C18H19ClN2O3. The van der Waals surface area contributed by atoms with Crippen molar-refractivity contribution < 1.29 is 14.6 Å². The third kappa shape index (κ3) is 3.26. The van der Waals surface area contributed by atoms with Crippen molar-refractivity contribution in [1.82, 2.24) is 4.90 Å². The van der Waals surface area contributed by atoms with Gasteiger partial charge in [0.25, 0.3) is 5.91 Å². The zero-order valence-electron chi connectivity index (χ0n) is 13.4. The normalized spacial score (nSPS) is 14.6. The van der Waals surface area contributed by atoms with Gasteiger partial charge in [-0.2, -0.15) is 0 Å². The molecule has 0 unspecified atom stereocenters. The van der Waals surface area contributed by atoms with Crippen molar-refractivity contribution in [1.29, 1.82) is 0 Å². The van der Waals surface area contributed by atoms with Crippen LogP contribution in [0.3, 0.4) is 0 Å². The average molecular weight is 347 g/mol. The van der Waals surface area contributed by atoms with Gasteiger partial charge in [0.2, 0.25) is 0 Å². The molecule has 2 aromatic carbocycles. The van der Waals surface area contributed by atoms with Crippen LogP contribution >= 0.6 is 11.6 Å². The minimum Gasteiger partial charge on any atom is -0.507 e. The van der Waals surface area contributed by atoms with E-state index >= 15 is 0 Å². The van der Waals surface area contributed by atoms with Crippen LogP contribution in [-0.2, 0) is 0 Å². The third-order valence-electron chi connectivity index (χ3n) is 4.20. The van der Waals surface area contributed by atoms with Crippen LogP contribution in [0.25, 0.3) is 0 Å². The van der Waals surface area contributed by atoms with Crippen molar-refractivity contribution in [2.45, 2.75) is 0 Å². The van der Waals surface area contributed by atoms with E-state index < -0.39 is 0 Å². The molecule has 1 fully saturated rings. The Labute approximate surface area is 146 Å². The molecule has 24 heavy (non-hydrogen) atoms. The molecule has 0 saturated carbocycles. The first-order valence-electron chi connectivity index (χ1n) is 7.76. The van der Waals surface area contributed by atoms with Crippen LogP contribution in [0.2, 0.25) is 5.02 Å². The van der Waals surface area contributed by atoms with Gasteiger partial charge in [0.1, 0.15) is 11.5 Å². The third-order valence-corrected chi connectivity index (χ3v) is 4.51. The maximum Gasteiger partial charge on any atom is 0.257 e. The number of methoxy groups -OCH3 is 1. The van der Waals surface area contributed by atoms with Crippen molar-refractivity contribution in [2.75, 3.05) is 38.2 Å². The molecule has 0 aliphatic carbocycles. The van der Waals surface area contributed by atoms with Crippen LogP contribution in [-0.4, -0.2) is 49.2 Å². The van der Waals surface area contributed by atoms with Crippen molar-refractivity contribution in [3.8, 4) is 11.5 Å². The van der Waals surface area contributed by atoms with Gasteiger partial charge < -0.3 is 19.6 Å². The molecule has 126 valence electrons. The Morgan fingerprint density at radius 3 is 2.46 bits per heavy atom. The monoisotopic (exact) mass is 346 g/mol. The molecule has 0 spiro atoms. The fourth-order valence-electron chi connectivity index (χ4n) is 2.85. The second kappa shape index (κ2) is 7.01. The van der Waals surface area contributed by atoms with Crippen molar-refractivity contribution in [3.63, 3.8) is 0 Å². The lowest BCUT2D eigenvalue weighted by Gasteiger charge is -2.36. The molecule has 1 N–H and O–H groups in total. The standard InChI is InChI=1S/C18H19ClN2O3/c1-24-13-6-7-14(17(22)12-13)18(23)21-10-8-20(9-11-21)16-5-3-2-4-15(16)19/h2-7,12,22H,8-11H2,1H3. The molecule has 1 heterocycles. The molecule has 0 aromatic heterocycles. The Kier molecular flexibility index (Phi) is 4.81. The summed E-state index contributed by atoms with van der Waals surface area (Å²) in [7, 11) is 1.52. The summed E-state index contributed by atoms with van der Waals surface area (Å²) in [5, 5.41) is 10.7. The van der Waals surface area contributed by atoms with Gasteiger partial charge in [0.05, 0.1) is 23.4 Å². The van der Waals surface area contributed by atoms with Crippen molar-refractivity contribution in [2.24, 2.45) is 0 Å². The summed E-state index contributed by atoms with van der Waals surface area (Å²) >= 11 is 6.23. The topological polar surface area (TPSA) is 53.0 Å². The van der Waals surface area contributed by atoms with Gasteiger partial charge in [0, 0.05) is 32.2 Å². The number of anilines is 1. The Morgan fingerprint density at radius 1 is 1.12 bits per heavy atom. The molecular weight excluding hydrogens is 328 g/mol. The lowest BCUT2D eigenvalue weighted by Crippen LogP contribution is -2.48. The molecule has 0 radical (unpaired) electrons. The number of amides is 1.